The van der Waals surface area contributed by atoms with Crippen molar-refractivity contribution in [2.24, 2.45) is 5.92 Å². The van der Waals surface area contributed by atoms with E-state index in [1.165, 1.54) is 0 Å². The molecular weight excluding hydrogens is 368 g/mol. The van der Waals surface area contributed by atoms with Crippen LogP contribution in [-0.2, 0) is 11.2 Å². The predicted octanol–water partition coefficient (Wildman–Crippen LogP) is 4.66. The molecule has 0 saturated carbocycles. The lowest BCUT2D eigenvalue weighted by molar-refractivity contribution is 0.0518. The van der Waals surface area contributed by atoms with Gasteiger partial charge in [0.05, 0.1) is 6.61 Å². The second-order valence-corrected chi connectivity index (χ2v) is 6.49. The summed E-state index contributed by atoms with van der Waals surface area (Å²) in [6.07, 6.45) is 0.741. The van der Waals surface area contributed by atoms with E-state index in [1.54, 1.807) is 6.92 Å². The summed E-state index contributed by atoms with van der Waals surface area (Å²) < 4.78 is 7.56. The molecule has 0 spiro atoms. The van der Waals surface area contributed by atoms with Crippen LogP contribution in [0.1, 0.15) is 37.1 Å². The highest BCUT2D eigenvalue weighted by molar-refractivity contribution is 9.10. The van der Waals surface area contributed by atoms with E-state index in [2.05, 4.69) is 34.8 Å². The van der Waals surface area contributed by atoms with Crippen LogP contribution in [0.4, 0.5) is 0 Å². The van der Waals surface area contributed by atoms with E-state index in [9.17, 15) is 4.79 Å². The number of esters is 1. The first-order valence-corrected chi connectivity index (χ1v) is 8.31. The maximum Gasteiger partial charge on any atom is 0.359 e. The third kappa shape index (κ3) is 3.70. The zero-order valence-electron chi connectivity index (χ0n) is 12.8. The van der Waals surface area contributed by atoms with Gasteiger partial charge in [0.15, 0.2) is 5.69 Å². The average molecular weight is 386 g/mol. The molecule has 4 nitrogen and oxygen atoms in total. The predicted molar refractivity (Wildman–Crippen MR) is 90.8 cm³/mol. The van der Waals surface area contributed by atoms with Crippen molar-refractivity contribution in [2.45, 2.75) is 27.2 Å². The fraction of sp³-hybridized carbons (Fsp3) is 0.375. The van der Waals surface area contributed by atoms with Gasteiger partial charge in [0.25, 0.3) is 0 Å². The Labute approximate surface area is 143 Å². The van der Waals surface area contributed by atoms with Gasteiger partial charge in [-0.05, 0) is 47.0 Å². The smallest absolute Gasteiger partial charge is 0.359 e. The van der Waals surface area contributed by atoms with Gasteiger partial charge in [-0.3, -0.25) is 4.57 Å². The van der Waals surface area contributed by atoms with Gasteiger partial charge >= 0.3 is 5.97 Å². The first-order chi connectivity index (χ1) is 10.4. The molecule has 118 valence electrons. The molecule has 0 aliphatic rings. The lowest BCUT2D eigenvalue weighted by Crippen LogP contribution is -2.06. The number of carbonyl (C=O) groups excluding carboxylic acids is 1. The van der Waals surface area contributed by atoms with Crippen LogP contribution < -0.4 is 0 Å². The minimum absolute atomic E-state index is 0.289. The number of ether oxygens (including phenoxy) is 1. The maximum absolute atomic E-state index is 12.1. The van der Waals surface area contributed by atoms with E-state index in [0.29, 0.717) is 22.2 Å². The van der Waals surface area contributed by atoms with Crippen molar-refractivity contribution >= 4 is 33.5 Å². The summed E-state index contributed by atoms with van der Waals surface area (Å²) in [5.74, 6) is 0.773. The Hall–Kier alpha value is -1.33. The second kappa shape index (κ2) is 7.29. The Kier molecular flexibility index (Phi) is 5.64. The molecule has 0 radical (unpaired) electrons. The van der Waals surface area contributed by atoms with Crippen LogP contribution in [0.3, 0.4) is 0 Å². The fourth-order valence-corrected chi connectivity index (χ4v) is 3.00. The van der Waals surface area contributed by atoms with Crippen molar-refractivity contribution in [3.05, 3.63) is 45.4 Å². The highest BCUT2D eigenvalue weighted by atomic mass is 79.9. The monoisotopic (exact) mass is 384 g/mol. The fourth-order valence-electron chi connectivity index (χ4n) is 2.15. The first kappa shape index (κ1) is 17.0. The SMILES string of the molecule is CCOC(=O)c1nc(CC(C)C)n(-c2cccc(Cl)c2)c1Br. The molecule has 1 heterocycles. The summed E-state index contributed by atoms with van der Waals surface area (Å²) in [4.78, 5) is 16.5. The zero-order valence-corrected chi connectivity index (χ0v) is 15.1. The highest BCUT2D eigenvalue weighted by Gasteiger charge is 2.23. The highest BCUT2D eigenvalue weighted by Crippen LogP contribution is 2.27. The molecule has 0 bridgehead atoms. The van der Waals surface area contributed by atoms with Crippen LogP contribution in [0.5, 0.6) is 0 Å². The molecule has 0 saturated heterocycles. The number of aromatic nitrogens is 2. The van der Waals surface area contributed by atoms with Crippen molar-refractivity contribution < 1.29 is 9.53 Å². The topological polar surface area (TPSA) is 44.1 Å². The summed E-state index contributed by atoms with van der Waals surface area (Å²) in [7, 11) is 0. The number of rotatable bonds is 5. The van der Waals surface area contributed by atoms with Crippen LogP contribution in [-0.4, -0.2) is 22.1 Å². The zero-order chi connectivity index (χ0) is 16.3. The lowest BCUT2D eigenvalue weighted by atomic mass is 10.1. The van der Waals surface area contributed by atoms with Crippen molar-refractivity contribution in [1.82, 2.24) is 9.55 Å². The van der Waals surface area contributed by atoms with Crippen molar-refractivity contribution in [2.75, 3.05) is 6.61 Å². The van der Waals surface area contributed by atoms with E-state index in [-0.39, 0.29) is 5.69 Å². The van der Waals surface area contributed by atoms with Crippen LogP contribution in [0.2, 0.25) is 5.02 Å². The van der Waals surface area contributed by atoms with E-state index in [4.69, 9.17) is 16.3 Å². The number of imidazole rings is 1. The van der Waals surface area contributed by atoms with Gasteiger partial charge in [0.1, 0.15) is 10.4 Å². The van der Waals surface area contributed by atoms with Gasteiger partial charge in [-0.25, -0.2) is 9.78 Å². The Bertz CT molecular complexity index is 683. The summed E-state index contributed by atoms with van der Waals surface area (Å²) in [5, 5.41) is 0.631. The molecule has 1 aromatic heterocycles. The van der Waals surface area contributed by atoms with Gasteiger partial charge < -0.3 is 4.74 Å². The average Bonchev–Trinajstić information content (AvgIpc) is 2.75. The number of carbonyl (C=O) groups is 1. The second-order valence-electron chi connectivity index (χ2n) is 5.30. The molecule has 2 aromatic rings. The van der Waals surface area contributed by atoms with Crippen LogP contribution >= 0.6 is 27.5 Å². The minimum Gasteiger partial charge on any atom is -0.461 e. The maximum atomic E-state index is 12.1. The Morgan fingerprint density at radius 3 is 2.77 bits per heavy atom. The van der Waals surface area contributed by atoms with E-state index in [0.717, 1.165) is 17.9 Å². The molecule has 6 heteroatoms. The number of hydrogen-bond acceptors (Lipinski definition) is 3. The third-order valence-electron chi connectivity index (χ3n) is 3.02. The number of halogens is 2. The van der Waals surface area contributed by atoms with Crippen LogP contribution in [0.25, 0.3) is 5.69 Å². The summed E-state index contributed by atoms with van der Waals surface area (Å²) in [5.41, 5.74) is 1.15. The third-order valence-corrected chi connectivity index (χ3v) is 3.98. The van der Waals surface area contributed by atoms with E-state index < -0.39 is 5.97 Å². The molecule has 0 atom stereocenters. The van der Waals surface area contributed by atoms with Gasteiger partial charge in [0.2, 0.25) is 0 Å². The normalized spacial score (nSPS) is 11.0. The van der Waals surface area contributed by atoms with Gasteiger partial charge in [0, 0.05) is 17.1 Å². The van der Waals surface area contributed by atoms with E-state index >= 15 is 0 Å². The van der Waals surface area contributed by atoms with E-state index in [1.807, 2.05) is 28.8 Å². The number of benzene rings is 1. The summed E-state index contributed by atoms with van der Waals surface area (Å²) in [6.45, 7) is 6.30. The van der Waals surface area contributed by atoms with Gasteiger partial charge in [-0.2, -0.15) is 0 Å². The molecule has 22 heavy (non-hydrogen) atoms. The standard InChI is InChI=1S/C16H18BrClN2O2/c1-4-22-16(21)14-15(17)20(13(19-14)8-10(2)3)12-7-5-6-11(18)9-12/h5-7,9-10H,4,8H2,1-3H3. The van der Waals surface area contributed by atoms with Crippen molar-refractivity contribution in [3.63, 3.8) is 0 Å². The summed E-state index contributed by atoms with van der Waals surface area (Å²) in [6, 6.07) is 7.45. The lowest BCUT2D eigenvalue weighted by Gasteiger charge is -2.11. The van der Waals surface area contributed by atoms with Crippen molar-refractivity contribution in [1.29, 1.82) is 0 Å². The molecule has 1 aromatic carbocycles. The van der Waals surface area contributed by atoms with Gasteiger partial charge in [-0.1, -0.05) is 31.5 Å². The molecule has 0 N–H and O–H groups in total. The van der Waals surface area contributed by atoms with Crippen LogP contribution in [0, 0.1) is 5.92 Å². The number of nitrogens with zero attached hydrogens (tertiary/aromatic N) is 2. The molecule has 0 aliphatic carbocycles. The Morgan fingerprint density at radius 1 is 1.45 bits per heavy atom. The quantitative estimate of drug-likeness (QED) is 0.703. The largest absolute Gasteiger partial charge is 0.461 e. The van der Waals surface area contributed by atoms with Crippen LogP contribution in [0.15, 0.2) is 28.9 Å². The Balaban J connectivity index is 2.57. The molecular formula is C16H18BrClN2O2. The Morgan fingerprint density at radius 2 is 2.18 bits per heavy atom. The first-order valence-electron chi connectivity index (χ1n) is 7.14. The van der Waals surface area contributed by atoms with Crippen molar-refractivity contribution in [3.8, 4) is 5.69 Å². The molecule has 0 amide bonds. The molecule has 0 unspecified atom stereocenters. The number of hydrogen-bond donors (Lipinski definition) is 0. The summed E-state index contributed by atoms with van der Waals surface area (Å²) >= 11 is 9.56. The van der Waals surface area contributed by atoms with Gasteiger partial charge in [-0.15, -0.1) is 0 Å². The molecule has 0 aliphatic heterocycles. The molecule has 0 fully saturated rings. The molecule has 2 rings (SSSR count). The minimum atomic E-state index is -0.430.